The second-order valence-electron chi connectivity index (χ2n) is 4.23. The number of rotatable bonds is 0. The first kappa shape index (κ1) is 15.4. The maximum absolute atomic E-state index is 5.73. The average molecular weight is 376 g/mol. The molecule has 0 aliphatic rings. The van der Waals surface area contributed by atoms with Crippen LogP contribution in [0.2, 0.25) is 15.4 Å². The van der Waals surface area contributed by atoms with E-state index in [2.05, 4.69) is 9.97 Å². The minimum absolute atomic E-state index is 0. The van der Waals surface area contributed by atoms with Gasteiger partial charge in [0.15, 0.2) is 11.2 Å². The molecule has 1 N–H and O–H groups in total. The predicted molar refractivity (Wildman–Crippen MR) is 91.5 cm³/mol. The van der Waals surface area contributed by atoms with Crippen molar-refractivity contribution in [3.63, 3.8) is 0 Å². The molecule has 0 amide bonds. The third kappa shape index (κ3) is 3.44. The van der Waals surface area contributed by atoms with Crippen LogP contribution in [-0.2, 0) is 0 Å². The lowest BCUT2D eigenvalue weighted by molar-refractivity contribution is 0.583. The van der Waals surface area contributed by atoms with Crippen LogP contribution in [-0.4, -0.2) is 9.97 Å². The first-order valence-corrected chi connectivity index (χ1v) is 7.55. The average Bonchev–Trinajstić information content (AvgIpc) is 2.99. The Kier molecular flexibility index (Phi) is 4.40. The lowest BCUT2D eigenvalue weighted by Gasteiger charge is -1.86. The van der Waals surface area contributed by atoms with Crippen LogP contribution in [0.15, 0.2) is 45.2 Å². The molecule has 2 heterocycles. The van der Waals surface area contributed by atoms with E-state index >= 15 is 0 Å². The summed E-state index contributed by atoms with van der Waals surface area (Å²) in [6.07, 6.45) is 0. The molecule has 0 saturated heterocycles. The number of aromatic nitrogens is 2. The van der Waals surface area contributed by atoms with Crippen molar-refractivity contribution in [2.45, 2.75) is 0 Å². The highest BCUT2D eigenvalue weighted by Gasteiger charge is 2.02. The van der Waals surface area contributed by atoms with E-state index in [0.29, 0.717) is 26.0 Å². The Morgan fingerprint density at radius 3 is 2.41 bits per heavy atom. The molecule has 0 aliphatic heterocycles. The Morgan fingerprint density at radius 1 is 0.955 bits per heavy atom. The maximum Gasteiger partial charge on any atom is 0.293 e. The van der Waals surface area contributed by atoms with Gasteiger partial charge in [0.1, 0.15) is 5.52 Å². The second kappa shape index (κ2) is 6.30. The molecule has 0 bridgehead atoms. The van der Waals surface area contributed by atoms with Gasteiger partial charge in [-0.2, -0.15) is 4.98 Å². The van der Waals surface area contributed by atoms with E-state index in [1.807, 2.05) is 0 Å². The summed E-state index contributed by atoms with van der Waals surface area (Å²) in [4.78, 5) is 7.13. The molecule has 4 rings (SSSR count). The largest absolute Gasteiger partial charge is 1.00 e. The molecule has 0 fully saturated rings. The van der Waals surface area contributed by atoms with Crippen LogP contribution < -0.4 is 0 Å². The molecular formula is C14H8Cl3N2O2S-. The first-order chi connectivity index (χ1) is 10.5. The molecule has 2 aromatic carbocycles. The van der Waals surface area contributed by atoms with Gasteiger partial charge in [-0.1, -0.05) is 23.2 Å². The number of hydrogen-bond donors (Lipinski definition) is 1. The fraction of sp³-hybridized carbons (Fsp3) is 0. The van der Waals surface area contributed by atoms with E-state index in [1.165, 1.54) is 0 Å². The van der Waals surface area contributed by atoms with Gasteiger partial charge in [0.25, 0.3) is 10.2 Å². The third-order valence-electron chi connectivity index (χ3n) is 2.70. The number of hydrogen-bond acceptors (Lipinski definition) is 4. The van der Waals surface area contributed by atoms with Crippen molar-refractivity contribution in [1.29, 1.82) is 0 Å². The highest BCUT2D eigenvalue weighted by atomic mass is 35.5. The van der Waals surface area contributed by atoms with Gasteiger partial charge in [0.2, 0.25) is 0 Å². The van der Waals surface area contributed by atoms with E-state index < -0.39 is 0 Å². The summed E-state index contributed by atoms with van der Waals surface area (Å²) in [6.45, 7) is 0. The molecule has 0 atom stereocenters. The monoisotopic (exact) mass is 374 g/mol. The normalized spacial score (nSPS) is 10.7. The van der Waals surface area contributed by atoms with Crippen LogP contribution in [0.3, 0.4) is 0 Å². The topological polar surface area (TPSA) is 55.0 Å². The van der Waals surface area contributed by atoms with Crippen LogP contribution in [0.4, 0.5) is 0 Å². The Bertz CT molecular complexity index is 1010. The fourth-order valence-corrected chi connectivity index (χ4v) is 2.51. The van der Waals surface area contributed by atoms with E-state index in [4.69, 9.17) is 55.9 Å². The van der Waals surface area contributed by atoms with Crippen molar-refractivity contribution >= 4 is 69.2 Å². The van der Waals surface area contributed by atoms with Crippen LogP contribution >= 0.6 is 47.0 Å². The smallest absolute Gasteiger partial charge is 0.293 e. The number of oxazole rings is 2. The van der Waals surface area contributed by atoms with E-state index in [9.17, 15) is 0 Å². The molecule has 114 valence electrons. The maximum atomic E-state index is 5.73. The quantitative estimate of drug-likeness (QED) is 0.362. The molecule has 0 unspecified atom stereocenters. The summed E-state index contributed by atoms with van der Waals surface area (Å²) in [5.74, 6) is 0. The van der Waals surface area contributed by atoms with Gasteiger partial charge in [-0.3, -0.25) is 0 Å². The Labute approximate surface area is 146 Å². The number of halogens is 3. The zero-order valence-corrected chi connectivity index (χ0v) is 13.9. The van der Waals surface area contributed by atoms with E-state index in [-0.39, 0.29) is 6.78 Å². The van der Waals surface area contributed by atoms with Crippen molar-refractivity contribution in [3.8, 4) is 0 Å². The summed E-state index contributed by atoms with van der Waals surface area (Å²) in [6, 6.07) is 10.5. The number of H-pyrrole nitrogens is 1. The highest BCUT2D eigenvalue weighted by Crippen LogP contribution is 2.21. The van der Waals surface area contributed by atoms with Crippen molar-refractivity contribution in [3.05, 3.63) is 56.6 Å². The van der Waals surface area contributed by atoms with E-state index in [1.54, 1.807) is 36.4 Å². The van der Waals surface area contributed by atoms with Gasteiger partial charge < -0.3 is 15.2 Å². The molecule has 0 saturated carbocycles. The van der Waals surface area contributed by atoms with Crippen molar-refractivity contribution in [1.82, 2.24) is 9.97 Å². The summed E-state index contributed by atoms with van der Waals surface area (Å²) < 4.78 is 10.1. The summed E-state index contributed by atoms with van der Waals surface area (Å²) in [5, 5.41) is 1.44. The SMILES string of the molecule is Clc1ccc2oc(Cl)nc2c1.S=c1[nH]c2cc(Cl)ccc2o1.[2H-]. The lowest BCUT2D eigenvalue weighted by atomic mass is 10.3. The van der Waals surface area contributed by atoms with Crippen LogP contribution in [0.25, 0.3) is 22.2 Å². The van der Waals surface area contributed by atoms with Gasteiger partial charge in [-0.05, 0) is 60.2 Å². The number of nitrogens with one attached hydrogen (secondary N) is 1. The molecule has 4 aromatic rings. The third-order valence-corrected chi connectivity index (χ3v) is 3.52. The van der Waals surface area contributed by atoms with Crippen molar-refractivity contribution in [2.24, 2.45) is 0 Å². The summed E-state index contributed by atoms with van der Waals surface area (Å²) in [5.41, 5.74) is 2.91. The van der Waals surface area contributed by atoms with Gasteiger partial charge in [-0.25, -0.2) is 0 Å². The molecule has 22 heavy (non-hydrogen) atoms. The number of nitrogens with zero attached hydrogens (tertiary/aromatic N) is 1. The van der Waals surface area contributed by atoms with Crippen molar-refractivity contribution in [2.75, 3.05) is 0 Å². The van der Waals surface area contributed by atoms with Gasteiger partial charge in [0, 0.05) is 10.0 Å². The molecule has 0 radical (unpaired) electrons. The zero-order valence-electron chi connectivity index (χ0n) is 11.8. The predicted octanol–water partition coefficient (Wildman–Crippen LogP) is 6.39. The van der Waals surface area contributed by atoms with Gasteiger partial charge in [-0.15, -0.1) is 0 Å². The molecule has 0 aliphatic carbocycles. The fourth-order valence-electron chi connectivity index (χ4n) is 1.80. The first-order valence-electron chi connectivity index (χ1n) is 6.01. The Balaban J connectivity index is 0.000000160. The Morgan fingerprint density at radius 2 is 1.64 bits per heavy atom. The molecule has 0 spiro atoms. The number of aromatic amines is 1. The minimum atomic E-state index is 0. The standard InChI is InChI=1S/C7H3Cl2NO.C7H4ClNOS.H/c8-4-1-2-6-5(3-4)10-7(9)11-6;8-4-1-2-6-5(3-4)9-7(11)10-6;/h1-3H;1-3H,(H,9,11);/q;;-1/i;;1+1. The molecule has 8 heteroatoms. The highest BCUT2D eigenvalue weighted by molar-refractivity contribution is 7.71. The zero-order chi connectivity index (χ0) is 15.7. The Hall–Kier alpha value is -1.53. The number of benzene rings is 2. The lowest BCUT2D eigenvalue weighted by Crippen LogP contribution is -1.66. The van der Waals surface area contributed by atoms with E-state index in [0.717, 1.165) is 11.1 Å². The number of fused-ring (bicyclic) bond motifs is 2. The van der Waals surface area contributed by atoms with Crippen LogP contribution in [0, 0.1) is 4.84 Å². The summed E-state index contributed by atoms with van der Waals surface area (Å²) >= 11 is 21.7. The van der Waals surface area contributed by atoms with Gasteiger partial charge >= 0.3 is 0 Å². The minimum Gasteiger partial charge on any atom is -1.00 e. The van der Waals surface area contributed by atoms with Crippen molar-refractivity contribution < 1.29 is 10.3 Å². The van der Waals surface area contributed by atoms with Crippen LogP contribution in [0.1, 0.15) is 1.43 Å². The summed E-state index contributed by atoms with van der Waals surface area (Å²) in [7, 11) is 0. The molecular weight excluding hydrogens is 367 g/mol. The molecule has 4 nitrogen and oxygen atoms in total. The van der Waals surface area contributed by atoms with Gasteiger partial charge in [0.05, 0.1) is 5.52 Å². The molecule has 2 aromatic heterocycles. The van der Waals surface area contributed by atoms with Crippen LogP contribution in [0.5, 0.6) is 0 Å². The second-order valence-corrected chi connectivity index (χ2v) is 5.80.